The monoisotopic (exact) mass is 417 g/mol. The SMILES string of the molecule is COc1ccc([C@@H](OC(=O)Nc2ccc(SC)cc2)[C@@H](C)/C=C/C(=O)O)cc1O. The minimum atomic E-state index is -1.11. The predicted molar refractivity (Wildman–Crippen MR) is 112 cm³/mol. The number of rotatable bonds is 8. The van der Waals surface area contributed by atoms with Crippen LogP contribution in [-0.2, 0) is 9.53 Å². The molecule has 3 N–H and O–H groups in total. The Labute approximate surface area is 173 Å². The van der Waals surface area contributed by atoms with Gasteiger partial charge in [0.15, 0.2) is 11.5 Å². The number of phenolic OH excluding ortho intramolecular Hbond substituents is 1. The summed E-state index contributed by atoms with van der Waals surface area (Å²) in [6, 6.07) is 11.9. The number of methoxy groups -OCH3 is 1. The summed E-state index contributed by atoms with van der Waals surface area (Å²) in [5, 5.41) is 21.6. The van der Waals surface area contributed by atoms with Crippen LogP contribution in [0.4, 0.5) is 10.5 Å². The van der Waals surface area contributed by atoms with Gasteiger partial charge >= 0.3 is 12.1 Å². The average Bonchev–Trinajstić information content (AvgIpc) is 2.70. The van der Waals surface area contributed by atoms with E-state index < -0.39 is 24.1 Å². The van der Waals surface area contributed by atoms with Gasteiger partial charge in [-0.2, -0.15) is 0 Å². The van der Waals surface area contributed by atoms with Gasteiger partial charge in [0.1, 0.15) is 6.10 Å². The predicted octanol–water partition coefficient (Wildman–Crippen LogP) is 4.69. The van der Waals surface area contributed by atoms with E-state index in [1.165, 1.54) is 19.3 Å². The van der Waals surface area contributed by atoms with Crippen molar-refractivity contribution in [3.63, 3.8) is 0 Å². The van der Waals surface area contributed by atoms with Gasteiger partial charge in [-0.1, -0.05) is 19.1 Å². The molecule has 0 fully saturated rings. The van der Waals surface area contributed by atoms with Gasteiger partial charge in [-0.05, 0) is 48.2 Å². The number of thioether (sulfide) groups is 1. The van der Waals surface area contributed by atoms with Crippen molar-refractivity contribution in [2.75, 3.05) is 18.7 Å². The fourth-order valence-corrected chi connectivity index (χ4v) is 3.04. The number of aromatic hydroxyl groups is 1. The van der Waals surface area contributed by atoms with E-state index >= 15 is 0 Å². The number of aliphatic carboxylic acids is 1. The first-order valence-corrected chi connectivity index (χ1v) is 9.96. The van der Waals surface area contributed by atoms with E-state index in [0.29, 0.717) is 11.3 Å². The van der Waals surface area contributed by atoms with Crippen molar-refractivity contribution >= 4 is 29.5 Å². The molecule has 8 heteroatoms. The average molecular weight is 417 g/mol. The number of amides is 1. The van der Waals surface area contributed by atoms with Crippen LogP contribution >= 0.6 is 11.8 Å². The van der Waals surface area contributed by atoms with Gasteiger partial charge in [0.05, 0.1) is 7.11 Å². The number of nitrogens with one attached hydrogen (secondary N) is 1. The summed E-state index contributed by atoms with van der Waals surface area (Å²) in [4.78, 5) is 24.3. The van der Waals surface area contributed by atoms with E-state index in [9.17, 15) is 14.7 Å². The van der Waals surface area contributed by atoms with E-state index in [1.54, 1.807) is 43.0 Å². The number of anilines is 1. The largest absolute Gasteiger partial charge is 0.504 e. The van der Waals surface area contributed by atoms with Crippen LogP contribution in [0.1, 0.15) is 18.6 Å². The van der Waals surface area contributed by atoms with Crippen LogP contribution < -0.4 is 10.1 Å². The Morgan fingerprint density at radius 2 is 1.86 bits per heavy atom. The molecular weight excluding hydrogens is 394 g/mol. The second kappa shape index (κ2) is 10.4. The molecule has 0 aromatic heterocycles. The molecule has 2 rings (SSSR count). The maximum absolute atomic E-state index is 12.4. The van der Waals surface area contributed by atoms with Crippen LogP contribution in [-0.4, -0.2) is 35.6 Å². The Bertz CT molecular complexity index is 881. The van der Waals surface area contributed by atoms with Gasteiger partial charge in [0.2, 0.25) is 0 Å². The summed E-state index contributed by atoms with van der Waals surface area (Å²) < 4.78 is 10.6. The lowest BCUT2D eigenvalue weighted by molar-refractivity contribution is -0.131. The number of ether oxygens (including phenoxy) is 2. The Hall–Kier alpha value is -3.13. The van der Waals surface area contributed by atoms with Crippen molar-refractivity contribution in [1.29, 1.82) is 0 Å². The number of phenols is 1. The van der Waals surface area contributed by atoms with Crippen molar-refractivity contribution in [3.05, 3.63) is 60.2 Å². The highest BCUT2D eigenvalue weighted by Crippen LogP contribution is 2.34. The molecule has 0 aliphatic carbocycles. The summed E-state index contributed by atoms with van der Waals surface area (Å²) in [5.41, 5.74) is 1.07. The molecule has 0 spiro atoms. The topological polar surface area (TPSA) is 105 Å². The van der Waals surface area contributed by atoms with Gasteiger partial charge in [-0.15, -0.1) is 11.8 Å². The third-order valence-corrected chi connectivity index (χ3v) is 4.87. The van der Waals surface area contributed by atoms with Gasteiger partial charge in [0.25, 0.3) is 0 Å². The Kier molecular flexibility index (Phi) is 7.97. The highest BCUT2D eigenvalue weighted by molar-refractivity contribution is 7.98. The Morgan fingerprint density at radius 3 is 2.41 bits per heavy atom. The number of carboxylic acids is 1. The van der Waals surface area contributed by atoms with Crippen LogP contribution in [0, 0.1) is 5.92 Å². The molecule has 2 aromatic carbocycles. The van der Waals surface area contributed by atoms with E-state index in [4.69, 9.17) is 14.6 Å². The first kappa shape index (κ1) is 22.2. The molecule has 0 aliphatic heterocycles. The third-order valence-electron chi connectivity index (χ3n) is 4.12. The second-order valence-electron chi connectivity index (χ2n) is 6.17. The fraction of sp³-hybridized carbons (Fsp3) is 0.238. The van der Waals surface area contributed by atoms with Crippen molar-refractivity contribution in [3.8, 4) is 11.5 Å². The molecule has 0 saturated carbocycles. The maximum Gasteiger partial charge on any atom is 0.412 e. The number of carbonyl (C=O) groups excluding carboxylic acids is 1. The van der Waals surface area contributed by atoms with Crippen molar-refractivity contribution in [2.24, 2.45) is 5.92 Å². The molecule has 2 atom stereocenters. The molecule has 2 aromatic rings. The second-order valence-corrected chi connectivity index (χ2v) is 7.05. The lowest BCUT2D eigenvalue weighted by Gasteiger charge is -2.23. The Morgan fingerprint density at radius 1 is 1.17 bits per heavy atom. The molecule has 29 heavy (non-hydrogen) atoms. The highest BCUT2D eigenvalue weighted by Gasteiger charge is 2.23. The van der Waals surface area contributed by atoms with Crippen LogP contribution in [0.3, 0.4) is 0 Å². The normalized spacial score (nSPS) is 12.9. The molecule has 154 valence electrons. The maximum atomic E-state index is 12.4. The van der Waals surface area contributed by atoms with Gasteiger partial charge in [-0.3, -0.25) is 5.32 Å². The summed E-state index contributed by atoms with van der Waals surface area (Å²) in [6.45, 7) is 1.71. The summed E-state index contributed by atoms with van der Waals surface area (Å²) in [7, 11) is 1.43. The lowest BCUT2D eigenvalue weighted by Crippen LogP contribution is -2.21. The van der Waals surface area contributed by atoms with Gasteiger partial charge in [-0.25, -0.2) is 9.59 Å². The number of hydrogen-bond acceptors (Lipinski definition) is 6. The summed E-state index contributed by atoms with van der Waals surface area (Å²) >= 11 is 1.59. The molecule has 0 heterocycles. The molecular formula is C21H23NO6S. The Balaban J connectivity index is 2.22. The quantitative estimate of drug-likeness (QED) is 0.423. The lowest BCUT2D eigenvalue weighted by atomic mass is 9.96. The van der Waals surface area contributed by atoms with E-state index in [0.717, 1.165) is 11.0 Å². The molecule has 1 amide bonds. The minimum absolute atomic E-state index is 0.110. The van der Waals surface area contributed by atoms with Crippen LogP contribution in [0.2, 0.25) is 0 Å². The zero-order valence-electron chi connectivity index (χ0n) is 16.3. The van der Waals surface area contributed by atoms with Crippen LogP contribution in [0.5, 0.6) is 11.5 Å². The molecule has 0 unspecified atom stereocenters. The fourth-order valence-electron chi connectivity index (χ4n) is 2.63. The molecule has 7 nitrogen and oxygen atoms in total. The first-order chi connectivity index (χ1) is 13.8. The summed E-state index contributed by atoms with van der Waals surface area (Å²) in [5.74, 6) is -1.41. The molecule has 0 radical (unpaired) electrons. The highest BCUT2D eigenvalue weighted by atomic mass is 32.2. The summed E-state index contributed by atoms with van der Waals surface area (Å²) in [6.07, 6.45) is 2.85. The zero-order valence-corrected chi connectivity index (χ0v) is 17.1. The third kappa shape index (κ3) is 6.46. The van der Waals surface area contributed by atoms with E-state index in [1.807, 2.05) is 18.4 Å². The molecule has 0 saturated heterocycles. The van der Waals surface area contributed by atoms with Gasteiger partial charge < -0.3 is 19.7 Å². The van der Waals surface area contributed by atoms with Crippen LogP contribution in [0.25, 0.3) is 0 Å². The smallest absolute Gasteiger partial charge is 0.412 e. The zero-order chi connectivity index (χ0) is 21.4. The van der Waals surface area contributed by atoms with E-state index in [2.05, 4.69) is 5.32 Å². The molecule has 0 aliphatic rings. The van der Waals surface area contributed by atoms with Crippen LogP contribution in [0.15, 0.2) is 59.5 Å². The number of benzene rings is 2. The van der Waals surface area contributed by atoms with Crippen molar-refractivity contribution in [1.82, 2.24) is 0 Å². The van der Waals surface area contributed by atoms with E-state index in [-0.39, 0.29) is 11.5 Å². The minimum Gasteiger partial charge on any atom is -0.504 e. The van der Waals surface area contributed by atoms with Crippen molar-refractivity contribution in [2.45, 2.75) is 17.9 Å². The number of carbonyl (C=O) groups is 2. The standard InChI is InChI=1S/C21H23NO6S/c1-13(4-11-19(24)25)20(14-5-10-18(27-2)17(23)12-14)28-21(26)22-15-6-8-16(29-3)9-7-15/h4-13,20,23H,1-3H3,(H,22,26)(H,24,25)/b11-4+/t13-,20-/m0/s1. The number of hydrogen-bond donors (Lipinski definition) is 3. The van der Waals surface area contributed by atoms with Gasteiger partial charge in [0, 0.05) is 22.6 Å². The molecule has 0 bridgehead atoms. The van der Waals surface area contributed by atoms with Crippen molar-refractivity contribution < 1.29 is 29.3 Å². The number of carboxylic acid groups (broad SMARTS) is 1. The first-order valence-electron chi connectivity index (χ1n) is 8.73.